The third kappa shape index (κ3) is 2.83. The van der Waals surface area contributed by atoms with Gasteiger partial charge >= 0.3 is 5.69 Å². The van der Waals surface area contributed by atoms with Crippen molar-refractivity contribution >= 4 is 5.82 Å². The van der Waals surface area contributed by atoms with Crippen molar-refractivity contribution in [3.63, 3.8) is 0 Å². The number of hydrogen-bond donors (Lipinski definition) is 2. The lowest BCUT2D eigenvalue weighted by molar-refractivity contribution is -0.163. The summed E-state index contributed by atoms with van der Waals surface area (Å²) in [5.41, 5.74) is 4.92. The first-order valence-electron chi connectivity index (χ1n) is 6.22. The van der Waals surface area contributed by atoms with E-state index in [2.05, 4.69) is 4.98 Å². The lowest BCUT2D eigenvalue weighted by atomic mass is 10.2. The van der Waals surface area contributed by atoms with Crippen LogP contribution in [0.4, 0.5) is 5.82 Å². The molecule has 0 spiro atoms. The predicted molar refractivity (Wildman–Crippen MR) is 69.9 cm³/mol. The average Bonchev–Trinajstić information content (AvgIpc) is 2.67. The predicted octanol–water partition coefficient (Wildman–Crippen LogP) is -0.517. The number of hydrogen-bond acceptors (Lipinski definition) is 7. The number of ether oxygens (including phenoxy) is 3. The molecule has 1 saturated heterocycles. The van der Waals surface area contributed by atoms with E-state index in [4.69, 9.17) is 19.9 Å². The summed E-state index contributed by atoms with van der Waals surface area (Å²) in [4.78, 5) is 15.6. The Bertz CT molecular complexity index is 526. The molecule has 112 valence electrons. The van der Waals surface area contributed by atoms with Gasteiger partial charge in [0.25, 0.3) is 0 Å². The average molecular weight is 285 g/mol. The van der Waals surface area contributed by atoms with E-state index in [-0.39, 0.29) is 12.4 Å². The van der Waals surface area contributed by atoms with E-state index >= 15 is 0 Å². The maximum Gasteiger partial charge on any atom is 0.351 e. The molecule has 20 heavy (non-hydrogen) atoms. The highest BCUT2D eigenvalue weighted by Crippen LogP contribution is 2.36. The number of nitrogens with two attached hydrogens (primary N) is 1. The molecule has 1 aliphatic heterocycles. The Kier molecular flexibility index (Phi) is 4.09. The van der Waals surface area contributed by atoms with Crippen molar-refractivity contribution in [3.8, 4) is 0 Å². The summed E-state index contributed by atoms with van der Waals surface area (Å²) in [7, 11) is 1.45. The van der Waals surface area contributed by atoms with Gasteiger partial charge in [-0.25, -0.2) is 4.79 Å². The number of aliphatic hydroxyl groups is 1. The van der Waals surface area contributed by atoms with Gasteiger partial charge in [0.05, 0.1) is 6.61 Å². The molecule has 0 radical (unpaired) electrons. The van der Waals surface area contributed by atoms with Crippen molar-refractivity contribution in [2.45, 2.75) is 38.1 Å². The highest BCUT2D eigenvalue weighted by atomic mass is 16.8. The molecule has 1 fully saturated rings. The van der Waals surface area contributed by atoms with Crippen molar-refractivity contribution in [3.05, 3.63) is 22.7 Å². The Hall–Kier alpha value is -1.48. The maximum absolute atomic E-state index is 11.9. The van der Waals surface area contributed by atoms with Gasteiger partial charge in [0.2, 0.25) is 0 Å². The van der Waals surface area contributed by atoms with E-state index < -0.39 is 29.9 Å². The third-order valence-corrected chi connectivity index (χ3v) is 3.08. The summed E-state index contributed by atoms with van der Waals surface area (Å²) in [6.45, 7) is 3.19. The van der Waals surface area contributed by atoms with Crippen LogP contribution in [0.25, 0.3) is 0 Å². The van der Waals surface area contributed by atoms with Crippen molar-refractivity contribution in [2.24, 2.45) is 0 Å². The van der Waals surface area contributed by atoms with Gasteiger partial charge in [-0.1, -0.05) is 0 Å². The van der Waals surface area contributed by atoms with Crippen LogP contribution in [0.15, 0.2) is 17.1 Å². The minimum atomic E-state index is -0.901. The van der Waals surface area contributed by atoms with Crippen molar-refractivity contribution in [1.29, 1.82) is 0 Å². The van der Waals surface area contributed by atoms with Crippen LogP contribution in [0.5, 0.6) is 0 Å². The minimum Gasteiger partial charge on any atom is -0.394 e. The summed E-state index contributed by atoms with van der Waals surface area (Å²) in [6.07, 6.45) is -0.519. The first kappa shape index (κ1) is 14.9. The summed E-state index contributed by atoms with van der Waals surface area (Å²) in [5.74, 6) is -0.770. The largest absolute Gasteiger partial charge is 0.394 e. The van der Waals surface area contributed by atoms with E-state index in [0.29, 0.717) is 0 Å². The molecule has 3 N–H and O–H groups in total. The second-order valence-corrected chi connectivity index (χ2v) is 4.99. The Labute approximate surface area is 116 Å². The van der Waals surface area contributed by atoms with Crippen molar-refractivity contribution in [1.82, 2.24) is 9.55 Å². The molecule has 3 unspecified atom stereocenters. The van der Waals surface area contributed by atoms with Crippen molar-refractivity contribution < 1.29 is 19.3 Å². The van der Waals surface area contributed by atoms with E-state index in [1.54, 1.807) is 13.8 Å². The molecule has 8 nitrogen and oxygen atoms in total. The van der Waals surface area contributed by atoms with Crippen LogP contribution in [0.3, 0.4) is 0 Å². The number of methoxy groups -OCH3 is 1. The Morgan fingerprint density at radius 2 is 2.30 bits per heavy atom. The summed E-state index contributed by atoms with van der Waals surface area (Å²) < 4.78 is 17.9. The van der Waals surface area contributed by atoms with E-state index in [9.17, 15) is 9.90 Å². The van der Waals surface area contributed by atoms with E-state index in [1.807, 2.05) is 0 Å². The molecule has 2 heterocycles. The number of aliphatic hydroxyl groups excluding tert-OH is 1. The fourth-order valence-electron chi connectivity index (χ4n) is 2.18. The second-order valence-electron chi connectivity index (χ2n) is 4.99. The van der Waals surface area contributed by atoms with Gasteiger partial charge < -0.3 is 25.1 Å². The van der Waals surface area contributed by atoms with Crippen LogP contribution in [0, 0.1) is 0 Å². The molecule has 8 heteroatoms. The van der Waals surface area contributed by atoms with Gasteiger partial charge in [-0.15, -0.1) is 0 Å². The normalized spacial score (nSPS) is 26.6. The maximum atomic E-state index is 11.9. The highest BCUT2D eigenvalue weighted by molar-refractivity contribution is 5.23. The summed E-state index contributed by atoms with van der Waals surface area (Å²) >= 11 is 0. The quantitative estimate of drug-likeness (QED) is 0.766. The van der Waals surface area contributed by atoms with E-state index in [0.717, 1.165) is 0 Å². The van der Waals surface area contributed by atoms with Crippen LogP contribution < -0.4 is 11.4 Å². The topological polar surface area (TPSA) is 109 Å². The van der Waals surface area contributed by atoms with Gasteiger partial charge in [-0.3, -0.25) is 4.57 Å². The van der Waals surface area contributed by atoms with Crippen LogP contribution in [-0.2, 0) is 14.2 Å². The summed E-state index contributed by atoms with van der Waals surface area (Å²) in [6, 6.07) is 1.49. The van der Waals surface area contributed by atoms with Gasteiger partial charge in [0.15, 0.2) is 12.0 Å². The molecule has 0 amide bonds. The number of aromatic nitrogens is 2. The molecule has 1 aromatic heterocycles. The molecular formula is C12H19N3O5. The zero-order valence-corrected chi connectivity index (χ0v) is 11.6. The van der Waals surface area contributed by atoms with Crippen LogP contribution in [0.2, 0.25) is 0 Å². The molecule has 0 aromatic carbocycles. The molecule has 0 saturated carbocycles. The zero-order chi connectivity index (χ0) is 14.9. The standard InChI is InChI=1S/C12H19N3O5/c1-12(2)19-9(7(6-16)18-3)10(20-12)15-5-4-8(13)14-11(15)17/h4-5,7,9-10,16H,6H2,1-3H3,(H2,13,14,17). The highest BCUT2D eigenvalue weighted by Gasteiger charge is 2.46. The number of nitrogens with zero attached hydrogens (tertiary/aromatic N) is 2. The molecule has 0 bridgehead atoms. The Balaban J connectivity index is 2.38. The third-order valence-electron chi connectivity index (χ3n) is 3.08. The molecule has 1 aromatic rings. The molecule has 2 rings (SSSR count). The van der Waals surface area contributed by atoms with Crippen molar-refractivity contribution in [2.75, 3.05) is 19.5 Å². The molecule has 0 aliphatic carbocycles. The van der Waals surface area contributed by atoms with Crippen LogP contribution in [-0.4, -0.2) is 46.4 Å². The van der Waals surface area contributed by atoms with Crippen LogP contribution in [0.1, 0.15) is 20.1 Å². The Morgan fingerprint density at radius 3 is 2.85 bits per heavy atom. The fourth-order valence-corrected chi connectivity index (χ4v) is 2.18. The smallest absolute Gasteiger partial charge is 0.351 e. The number of nitrogen functional groups attached to an aromatic ring is 1. The van der Waals surface area contributed by atoms with E-state index in [1.165, 1.54) is 23.9 Å². The second kappa shape index (κ2) is 5.49. The first-order valence-corrected chi connectivity index (χ1v) is 6.22. The lowest BCUT2D eigenvalue weighted by Gasteiger charge is -2.24. The zero-order valence-electron chi connectivity index (χ0n) is 11.6. The van der Waals surface area contributed by atoms with Gasteiger partial charge in [0.1, 0.15) is 18.0 Å². The molecule has 3 atom stereocenters. The fraction of sp³-hybridized carbons (Fsp3) is 0.667. The van der Waals surface area contributed by atoms with Gasteiger partial charge in [-0.05, 0) is 19.9 Å². The monoisotopic (exact) mass is 285 g/mol. The molecular weight excluding hydrogens is 266 g/mol. The number of rotatable bonds is 4. The Morgan fingerprint density at radius 1 is 1.60 bits per heavy atom. The SMILES string of the molecule is COC(CO)C1OC(C)(C)OC1n1ccc(N)nc1=O. The minimum absolute atomic E-state index is 0.131. The van der Waals surface area contributed by atoms with Gasteiger partial charge in [0, 0.05) is 13.3 Å². The van der Waals surface area contributed by atoms with Gasteiger partial charge in [-0.2, -0.15) is 4.98 Å². The van der Waals surface area contributed by atoms with Crippen LogP contribution >= 0.6 is 0 Å². The molecule has 1 aliphatic rings. The lowest BCUT2D eigenvalue weighted by Crippen LogP contribution is -2.40. The number of anilines is 1. The first-order chi connectivity index (χ1) is 9.38. The summed E-state index contributed by atoms with van der Waals surface area (Å²) in [5, 5.41) is 9.35.